The van der Waals surface area contributed by atoms with E-state index in [4.69, 9.17) is 4.74 Å². The number of para-hydroxylation sites is 1. The predicted octanol–water partition coefficient (Wildman–Crippen LogP) is 5.04. The van der Waals surface area contributed by atoms with Gasteiger partial charge in [-0.15, -0.1) is 5.10 Å². The number of ether oxygens (including phenoxy) is 1. The number of carbonyl (C=O) groups is 1. The van der Waals surface area contributed by atoms with Crippen LogP contribution >= 0.6 is 0 Å². The molecule has 0 aliphatic rings. The van der Waals surface area contributed by atoms with Gasteiger partial charge in [-0.05, 0) is 17.7 Å². The number of halogens is 3. The zero-order valence-electron chi connectivity index (χ0n) is 19.5. The molecule has 1 aromatic heterocycles. The Bertz CT molecular complexity index is 1450. The van der Waals surface area contributed by atoms with E-state index in [1.165, 1.54) is 41.9 Å². The minimum atomic E-state index is -2.82. The quantitative estimate of drug-likeness (QED) is 0.371. The van der Waals surface area contributed by atoms with Crippen molar-refractivity contribution < 1.29 is 22.7 Å². The third-order valence-electron chi connectivity index (χ3n) is 5.59. The molecular weight excluding hydrogens is 473 g/mol. The normalized spacial score (nSPS) is 11.1. The molecule has 0 aliphatic carbocycles. The van der Waals surface area contributed by atoms with Crippen molar-refractivity contribution in [1.29, 1.82) is 0 Å². The average Bonchev–Trinajstić information content (AvgIpc) is 3.17. The summed E-state index contributed by atoms with van der Waals surface area (Å²) in [5.41, 5.74) is -0.700. The maximum Gasteiger partial charge on any atom is 0.350 e. The first kappa shape index (κ1) is 24.8. The first-order valence-electron chi connectivity index (χ1n) is 11.1. The topological polar surface area (TPSA) is 78.2 Å². The molecule has 0 fully saturated rings. The van der Waals surface area contributed by atoms with Gasteiger partial charge in [0.2, 0.25) is 0 Å². The highest BCUT2D eigenvalue weighted by atomic mass is 19.3. The summed E-state index contributed by atoms with van der Waals surface area (Å²) in [6.07, 6.45) is -2.37. The zero-order valence-corrected chi connectivity index (χ0v) is 19.5. The van der Waals surface area contributed by atoms with Crippen molar-refractivity contribution in [3.05, 3.63) is 106 Å². The lowest BCUT2D eigenvalue weighted by Crippen LogP contribution is -2.23. The standard InChI is InChI=1S/C26H23F3N4O3/c1-3-23-31-33(26(35)32(23)2)21-14-22(36-15-16-9-5-4-6-10-16)18(13-19(21)27)25(34)30-20-12-8-7-11-17(20)24(28)29/h4-14,24H,3,15H2,1-2H3,(H,30,34). The Kier molecular flexibility index (Phi) is 7.23. The van der Waals surface area contributed by atoms with Crippen molar-refractivity contribution in [2.24, 2.45) is 7.05 Å². The molecule has 186 valence electrons. The van der Waals surface area contributed by atoms with Crippen molar-refractivity contribution >= 4 is 11.6 Å². The number of amides is 1. The molecule has 0 radical (unpaired) electrons. The maximum atomic E-state index is 15.2. The van der Waals surface area contributed by atoms with Crippen LogP contribution in [0.1, 0.15) is 40.7 Å². The van der Waals surface area contributed by atoms with Crippen molar-refractivity contribution in [1.82, 2.24) is 14.3 Å². The second-order valence-electron chi connectivity index (χ2n) is 7.94. The number of benzene rings is 3. The Labute approximate surface area is 204 Å². The highest BCUT2D eigenvalue weighted by Crippen LogP contribution is 2.30. The summed E-state index contributed by atoms with van der Waals surface area (Å²) in [5, 5.41) is 6.59. The third-order valence-corrected chi connectivity index (χ3v) is 5.59. The molecule has 1 amide bonds. The summed E-state index contributed by atoms with van der Waals surface area (Å²) in [5.74, 6) is -1.36. The zero-order chi connectivity index (χ0) is 25.8. The van der Waals surface area contributed by atoms with Crippen LogP contribution in [0.5, 0.6) is 5.75 Å². The Hall–Kier alpha value is -4.34. The first-order valence-corrected chi connectivity index (χ1v) is 11.1. The van der Waals surface area contributed by atoms with Crippen molar-refractivity contribution in [3.63, 3.8) is 0 Å². The molecule has 0 spiro atoms. The van der Waals surface area contributed by atoms with Gasteiger partial charge >= 0.3 is 5.69 Å². The fraction of sp³-hybridized carbons (Fsp3) is 0.192. The highest BCUT2D eigenvalue weighted by molar-refractivity contribution is 6.06. The fourth-order valence-corrected chi connectivity index (χ4v) is 3.67. The highest BCUT2D eigenvalue weighted by Gasteiger charge is 2.23. The largest absolute Gasteiger partial charge is 0.488 e. The van der Waals surface area contributed by atoms with E-state index in [1.807, 2.05) is 25.1 Å². The molecule has 1 heterocycles. The number of aryl methyl sites for hydroxylation is 1. The van der Waals surface area contributed by atoms with E-state index in [0.717, 1.165) is 16.3 Å². The third kappa shape index (κ3) is 5.02. The molecule has 10 heteroatoms. The molecule has 4 rings (SSSR count). The Balaban J connectivity index is 1.77. The van der Waals surface area contributed by atoms with Gasteiger partial charge in [-0.25, -0.2) is 18.0 Å². The molecule has 3 aromatic carbocycles. The first-order chi connectivity index (χ1) is 17.3. The summed E-state index contributed by atoms with van der Waals surface area (Å²) in [7, 11) is 1.53. The number of carbonyl (C=O) groups excluding carboxylic acids is 1. The Morgan fingerprint density at radius 3 is 2.44 bits per heavy atom. The van der Waals surface area contributed by atoms with Gasteiger partial charge in [-0.2, -0.15) is 4.68 Å². The van der Waals surface area contributed by atoms with Gasteiger partial charge in [0.25, 0.3) is 12.3 Å². The molecule has 36 heavy (non-hydrogen) atoms. The van der Waals surface area contributed by atoms with Crippen LogP contribution in [0.3, 0.4) is 0 Å². The van der Waals surface area contributed by atoms with E-state index in [0.29, 0.717) is 12.2 Å². The number of alkyl halides is 2. The van der Waals surface area contributed by atoms with E-state index in [1.54, 1.807) is 12.1 Å². The van der Waals surface area contributed by atoms with Crippen LogP contribution in [-0.2, 0) is 20.1 Å². The molecule has 0 saturated carbocycles. The predicted molar refractivity (Wildman–Crippen MR) is 128 cm³/mol. The van der Waals surface area contributed by atoms with Gasteiger partial charge in [0.05, 0.1) is 5.56 Å². The van der Waals surface area contributed by atoms with Gasteiger partial charge in [0.15, 0.2) is 0 Å². The van der Waals surface area contributed by atoms with Crippen molar-refractivity contribution in [3.8, 4) is 11.4 Å². The van der Waals surface area contributed by atoms with Crippen molar-refractivity contribution in [2.45, 2.75) is 26.4 Å². The number of rotatable bonds is 8. The lowest BCUT2D eigenvalue weighted by Gasteiger charge is -2.15. The summed E-state index contributed by atoms with van der Waals surface area (Å²) < 4.78 is 50.1. The molecule has 0 saturated heterocycles. The molecule has 7 nitrogen and oxygen atoms in total. The van der Waals surface area contributed by atoms with E-state index in [2.05, 4.69) is 10.4 Å². The number of hydrogen-bond donors (Lipinski definition) is 1. The average molecular weight is 496 g/mol. The molecule has 1 N–H and O–H groups in total. The minimum absolute atomic E-state index is 0.0388. The second-order valence-corrected chi connectivity index (χ2v) is 7.94. The maximum absolute atomic E-state index is 15.2. The van der Waals surface area contributed by atoms with Crippen LogP contribution in [0.2, 0.25) is 0 Å². The van der Waals surface area contributed by atoms with Crippen LogP contribution in [0.4, 0.5) is 18.9 Å². The van der Waals surface area contributed by atoms with Crippen LogP contribution in [0.15, 0.2) is 71.5 Å². The van der Waals surface area contributed by atoms with Crippen LogP contribution in [0, 0.1) is 5.82 Å². The molecule has 0 aliphatic heterocycles. The van der Waals surface area contributed by atoms with Crippen LogP contribution in [0.25, 0.3) is 5.69 Å². The number of hydrogen-bond acceptors (Lipinski definition) is 4. The van der Waals surface area contributed by atoms with Crippen LogP contribution in [-0.4, -0.2) is 20.3 Å². The second kappa shape index (κ2) is 10.5. The lowest BCUT2D eigenvalue weighted by atomic mass is 10.1. The lowest BCUT2D eigenvalue weighted by molar-refractivity contribution is 0.102. The number of nitrogens with zero attached hydrogens (tertiary/aromatic N) is 3. The number of anilines is 1. The Morgan fingerprint density at radius 2 is 1.78 bits per heavy atom. The monoisotopic (exact) mass is 496 g/mol. The van der Waals surface area contributed by atoms with Crippen molar-refractivity contribution in [2.75, 3.05) is 5.32 Å². The Morgan fingerprint density at radius 1 is 1.08 bits per heavy atom. The number of nitrogens with one attached hydrogen (secondary N) is 1. The molecule has 4 aromatic rings. The van der Waals surface area contributed by atoms with E-state index >= 15 is 4.39 Å². The summed E-state index contributed by atoms with van der Waals surface area (Å²) in [6, 6.07) is 16.6. The number of aromatic nitrogens is 3. The molecular formula is C26H23F3N4O3. The van der Waals surface area contributed by atoms with Gasteiger partial charge < -0.3 is 10.1 Å². The smallest absolute Gasteiger partial charge is 0.350 e. The minimum Gasteiger partial charge on any atom is -0.488 e. The SMILES string of the molecule is CCc1nn(-c2cc(OCc3ccccc3)c(C(=O)Nc3ccccc3C(F)F)cc2F)c(=O)n1C. The summed E-state index contributed by atoms with van der Waals surface area (Å²) >= 11 is 0. The van der Waals surface area contributed by atoms with E-state index in [-0.39, 0.29) is 34.9 Å². The van der Waals surface area contributed by atoms with Gasteiger partial charge in [-0.1, -0.05) is 55.5 Å². The van der Waals surface area contributed by atoms with E-state index < -0.39 is 23.8 Å². The summed E-state index contributed by atoms with van der Waals surface area (Å²) in [6.45, 7) is 1.85. The van der Waals surface area contributed by atoms with Gasteiger partial charge in [0.1, 0.15) is 29.7 Å². The molecule has 0 atom stereocenters. The van der Waals surface area contributed by atoms with E-state index in [9.17, 15) is 18.4 Å². The van der Waals surface area contributed by atoms with Gasteiger partial charge in [0, 0.05) is 30.8 Å². The fourth-order valence-electron chi connectivity index (χ4n) is 3.67. The van der Waals surface area contributed by atoms with Gasteiger partial charge in [-0.3, -0.25) is 9.36 Å². The molecule has 0 bridgehead atoms. The van der Waals surface area contributed by atoms with Crippen LogP contribution < -0.4 is 15.7 Å². The summed E-state index contributed by atoms with van der Waals surface area (Å²) in [4.78, 5) is 25.8. The molecule has 0 unspecified atom stereocenters.